The van der Waals surface area contributed by atoms with Crippen LogP contribution in [0.1, 0.15) is 11.3 Å². The average molecular weight is 428 g/mol. The Morgan fingerprint density at radius 1 is 0.963 bits per heavy atom. The maximum Gasteiger partial charge on any atom is 0.516 e. The van der Waals surface area contributed by atoms with Crippen molar-refractivity contribution < 1.29 is 47.9 Å². The molecule has 0 amide bonds. The van der Waals surface area contributed by atoms with Crippen molar-refractivity contribution in [2.24, 2.45) is 0 Å². The van der Waals surface area contributed by atoms with E-state index in [1.54, 1.807) is 0 Å². The van der Waals surface area contributed by atoms with Crippen LogP contribution in [-0.4, -0.2) is 28.7 Å². The molecule has 0 aliphatic carbocycles. The van der Waals surface area contributed by atoms with Crippen molar-refractivity contribution in [2.45, 2.75) is 17.9 Å². The van der Waals surface area contributed by atoms with Gasteiger partial charge in [0, 0.05) is 12.4 Å². The summed E-state index contributed by atoms with van der Waals surface area (Å²) in [6, 6.07) is 0.413. The lowest BCUT2D eigenvalue weighted by atomic mass is 10.2. The van der Waals surface area contributed by atoms with Crippen LogP contribution in [0.4, 0.5) is 45.3 Å². The summed E-state index contributed by atoms with van der Waals surface area (Å²) in [7, 11) is -6.11. The molecule has 6 nitrogen and oxygen atoms in total. The van der Waals surface area contributed by atoms with Gasteiger partial charge in [-0.25, -0.2) is 9.67 Å². The van der Waals surface area contributed by atoms with E-state index < -0.39 is 50.6 Å². The largest absolute Gasteiger partial charge is 0.516 e. The predicted octanol–water partition coefficient (Wildman–Crippen LogP) is 3.57. The van der Waals surface area contributed by atoms with E-state index in [-0.39, 0.29) is 16.9 Å². The summed E-state index contributed by atoms with van der Waals surface area (Å²) in [5.74, 6) is -1.31. The van der Waals surface area contributed by atoms with Crippen molar-refractivity contribution in [3.05, 3.63) is 35.8 Å². The second-order valence-corrected chi connectivity index (χ2v) is 6.46. The standard InChI is InChI=1S/C11H5F9N4O2S/c12-9(13,14)5-3-6(24-2-1-7(22-24)10(15,16)17)8(21-4-5)23-27(25,26)11(18,19)20/h1-4H,(H,21,23). The minimum atomic E-state index is -6.11. The first kappa shape index (κ1) is 20.8. The molecule has 0 radical (unpaired) electrons. The molecule has 27 heavy (non-hydrogen) atoms. The Hall–Kier alpha value is -2.52. The van der Waals surface area contributed by atoms with E-state index in [1.807, 2.05) is 0 Å². The number of hydrogen-bond donors (Lipinski definition) is 1. The smallest absolute Gasteiger partial charge is 0.258 e. The van der Waals surface area contributed by atoms with Gasteiger partial charge in [-0.2, -0.15) is 53.0 Å². The van der Waals surface area contributed by atoms with Gasteiger partial charge in [0.05, 0.1) is 5.56 Å². The number of aromatic nitrogens is 3. The first-order valence-electron chi connectivity index (χ1n) is 6.32. The summed E-state index contributed by atoms with van der Waals surface area (Å²) >= 11 is 0. The number of halogens is 9. The maximum atomic E-state index is 12.8. The fraction of sp³-hybridized carbons (Fsp3) is 0.273. The van der Waals surface area contributed by atoms with Gasteiger partial charge in [0.2, 0.25) is 0 Å². The summed E-state index contributed by atoms with van der Waals surface area (Å²) < 4.78 is 137. The molecule has 0 bridgehead atoms. The van der Waals surface area contributed by atoms with E-state index in [2.05, 4.69) is 10.1 Å². The Balaban J connectivity index is 2.63. The molecule has 16 heteroatoms. The highest BCUT2D eigenvalue weighted by Crippen LogP contribution is 2.34. The number of rotatable bonds is 3. The van der Waals surface area contributed by atoms with Gasteiger partial charge in [-0.1, -0.05) is 0 Å². The molecule has 0 saturated heterocycles. The summed E-state index contributed by atoms with van der Waals surface area (Å²) in [4.78, 5) is 2.94. The highest BCUT2D eigenvalue weighted by molar-refractivity contribution is 7.93. The zero-order valence-corrected chi connectivity index (χ0v) is 13.1. The van der Waals surface area contributed by atoms with E-state index in [0.717, 1.165) is 4.72 Å². The van der Waals surface area contributed by atoms with Crippen LogP contribution in [0.5, 0.6) is 0 Å². The third-order valence-electron chi connectivity index (χ3n) is 2.86. The normalized spacial score (nSPS) is 13.7. The van der Waals surface area contributed by atoms with Crippen LogP contribution in [0.3, 0.4) is 0 Å². The monoisotopic (exact) mass is 428 g/mol. The van der Waals surface area contributed by atoms with Gasteiger partial charge in [0.15, 0.2) is 11.5 Å². The molecule has 0 aliphatic rings. The zero-order valence-electron chi connectivity index (χ0n) is 12.3. The lowest BCUT2D eigenvalue weighted by molar-refractivity contribution is -0.141. The third kappa shape index (κ3) is 4.42. The molecule has 0 saturated carbocycles. The van der Waals surface area contributed by atoms with E-state index in [1.165, 1.54) is 0 Å². The van der Waals surface area contributed by atoms with Crippen molar-refractivity contribution in [3.63, 3.8) is 0 Å². The molecule has 2 heterocycles. The molecular weight excluding hydrogens is 423 g/mol. The summed E-state index contributed by atoms with van der Waals surface area (Å²) in [6.07, 6.45) is -9.59. The van der Waals surface area contributed by atoms with Gasteiger partial charge in [0.1, 0.15) is 5.69 Å². The van der Waals surface area contributed by atoms with Crippen LogP contribution in [0.2, 0.25) is 0 Å². The highest BCUT2D eigenvalue weighted by atomic mass is 32.2. The van der Waals surface area contributed by atoms with Gasteiger partial charge in [-0.15, -0.1) is 0 Å². The van der Waals surface area contributed by atoms with Crippen LogP contribution in [0.25, 0.3) is 5.69 Å². The lowest BCUT2D eigenvalue weighted by Crippen LogP contribution is -2.31. The second-order valence-electron chi connectivity index (χ2n) is 4.78. The number of nitrogens with one attached hydrogen (secondary N) is 1. The van der Waals surface area contributed by atoms with Crippen LogP contribution in [0.15, 0.2) is 24.5 Å². The molecular formula is C11H5F9N4O2S. The minimum Gasteiger partial charge on any atom is -0.258 e. The van der Waals surface area contributed by atoms with Crippen LogP contribution >= 0.6 is 0 Å². The van der Waals surface area contributed by atoms with Crippen molar-refractivity contribution in [3.8, 4) is 5.69 Å². The van der Waals surface area contributed by atoms with E-state index in [9.17, 15) is 47.9 Å². The van der Waals surface area contributed by atoms with Gasteiger partial charge >= 0.3 is 27.9 Å². The van der Waals surface area contributed by atoms with Gasteiger partial charge in [-0.3, -0.25) is 4.72 Å². The molecule has 0 spiro atoms. The first-order chi connectivity index (χ1) is 12.0. The first-order valence-corrected chi connectivity index (χ1v) is 7.80. The minimum absolute atomic E-state index is 0.00585. The van der Waals surface area contributed by atoms with Crippen LogP contribution in [0, 0.1) is 0 Å². The molecule has 0 aromatic carbocycles. The predicted molar refractivity (Wildman–Crippen MR) is 70.0 cm³/mol. The lowest BCUT2D eigenvalue weighted by Gasteiger charge is -2.15. The maximum absolute atomic E-state index is 12.8. The topological polar surface area (TPSA) is 76.9 Å². The second kappa shape index (κ2) is 6.28. The molecule has 0 aliphatic heterocycles. The summed E-state index contributed by atoms with van der Waals surface area (Å²) in [5.41, 5.74) is -10.1. The number of nitrogens with zero attached hydrogens (tertiary/aromatic N) is 3. The summed E-state index contributed by atoms with van der Waals surface area (Å²) in [6.45, 7) is 0. The third-order valence-corrected chi connectivity index (χ3v) is 3.93. The SMILES string of the molecule is O=S(=O)(Nc1ncc(C(F)(F)F)cc1-n1ccc(C(F)(F)F)n1)C(F)(F)F. The van der Waals surface area contributed by atoms with Crippen LogP contribution < -0.4 is 4.72 Å². The number of alkyl halides is 9. The number of pyridine rings is 1. The van der Waals surface area contributed by atoms with Crippen LogP contribution in [-0.2, 0) is 22.4 Å². The Bertz CT molecular complexity index is 944. The molecule has 0 atom stereocenters. The Morgan fingerprint density at radius 3 is 2.00 bits per heavy atom. The Morgan fingerprint density at radius 2 is 1.56 bits per heavy atom. The quantitative estimate of drug-likeness (QED) is 0.759. The van der Waals surface area contributed by atoms with E-state index in [0.29, 0.717) is 12.3 Å². The van der Waals surface area contributed by atoms with E-state index in [4.69, 9.17) is 0 Å². The fourth-order valence-electron chi connectivity index (χ4n) is 1.66. The molecule has 150 valence electrons. The molecule has 1 N–H and O–H groups in total. The summed E-state index contributed by atoms with van der Waals surface area (Å²) in [5, 5.41) is 2.90. The van der Waals surface area contributed by atoms with Crippen molar-refractivity contribution in [1.29, 1.82) is 0 Å². The number of sulfonamides is 1. The Kier molecular flexibility index (Phi) is 4.83. The highest BCUT2D eigenvalue weighted by Gasteiger charge is 2.47. The number of anilines is 1. The molecule has 0 unspecified atom stereocenters. The molecule has 2 aromatic heterocycles. The molecule has 2 aromatic rings. The van der Waals surface area contributed by atoms with Crippen molar-refractivity contribution in [2.75, 3.05) is 4.72 Å². The zero-order chi connectivity index (χ0) is 20.8. The fourth-order valence-corrected chi connectivity index (χ4v) is 2.18. The molecule has 2 rings (SSSR count). The number of hydrogen-bond acceptors (Lipinski definition) is 4. The van der Waals surface area contributed by atoms with Gasteiger partial charge in [0.25, 0.3) is 0 Å². The van der Waals surface area contributed by atoms with Crippen molar-refractivity contribution >= 4 is 15.8 Å². The molecule has 0 fully saturated rings. The van der Waals surface area contributed by atoms with Gasteiger partial charge in [-0.05, 0) is 12.1 Å². The van der Waals surface area contributed by atoms with Crippen molar-refractivity contribution in [1.82, 2.24) is 14.8 Å². The van der Waals surface area contributed by atoms with Gasteiger partial charge < -0.3 is 0 Å². The average Bonchev–Trinajstić information content (AvgIpc) is 2.94. The Labute approximate surface area is 143 Å². The van der Waals surface area contributed by atoms with E-state index >= 15 is 0 Å².